The van der Waals surface area contributed by atoms with Gasteiger partial charge in [-0.1, -0.05) is 11.3 Å². The molecular formula is C17H21N3O2S. The van der Waals surface area contributed by atoms with Gasteiger partial charge < -0.3 is 15.0 Å². The number of nitrogens with one attached hydrogen (secondary N) is 1. The molecule has 1 saturated carbocycles. The Kier molecular flexibility index (Phi) is 3.95. The Morgan fingerprint density at radius 2 is 2.00 bits per heavy atom. The monoisotopic (exact) mass is 331 g/mol. The molecule has 1 saturated heterocycles. The standard InChI is InChI=1S/C17H21N3O2S/c1-22-17-19-15-11(10-21)2-5-14(16(15)23-17)20-8-6-13(7-9-20)18-12-3-4-12/h2,5,10,12-13,18H,3-4,6-9H2,1H3. The SMILES string of the molecule is COc1nc2c(C=O)ccc(N3CCC(NC4CC4)CC3)c2s1. The van der Waals surface area contributed by atoms with Crippen LogP contribution in [0.4, 0.5) is 5.69 Å². The van der Waals surface area contributed by atoms with Gasteiger partial charge in [-0.2, -0.15) is 0 Å². The number of hydrogen-bond acceptors (Lipinski definition) is 6. The van der Waals surface area contributed by atoms with Crippen molar-refractivity contribution in [1.29, 1.82) is 0 Å². The molecule has 0 radical (unpaired) electrons. The largest absolute Gasteiger partial charge is 0.473 e. The van der Waals surface area contributed by atoms with Crippen molar-refractivity contribution in [2.45, 2.75) is 37.8 Å². The third kappa shape index (κ3) is 2.93. The fourth-order valence-corrected chi connectivity index (χ4v) is 4.25. The third-order valence-electron chi connectivity index (χ3n) is 4.72. The first-order valence-electron chi connectivity index (χ1n) is 8.22. The summed E-state index contributed by atoms with van der Waals surface area (Å²) >= 11 is 1.52. The Morgan fingerprint density at radius 1 is 1.26 bits per heavy atom. The zero-order valence-electron chi connectivity index (χ0n) is 13.2. The lowest BCUT2D eigenvalue weighted by Crippen LogP contribution is -2.43. The number of aromatic nitrogens is 1. The summed E-state index contributed by atoms with van der Waals surface area (Å²) in [5.41, 5.74) is 2.57. The lowest BCUT2D eigenvalue weighted by atomic mass is 10.0. The van der Waals surface area contributed by atoms with E-state index in [0.29, 0.717) is 16.8 Å². The number of carbonyl (C=O) groups is 1. The van der Waals surface area contributed by atoms with Crippen LogP contribution in [0.1, 0.15) is 36.0 Å². The van der Waals surface area contributed by atoms with Gasteiger partial charge in [0.2, 0.25) is 0 Å². The number of methoxy groups -OCH3 is 1. The van der Waals surface area contributed by atoms with Crippen molar-refractivity contribution < 1.29 is 9.53 Å². The molecule has 1 aromatic heterocycles. The third-order valence-corrected chi connectivity index (χ3v) is 5.76. The number of hydrogen-bond donors (Lipinski definition) is 1. The summed E-state index contributed by atoms with van der Waals surface area (Å²) in [6.07, 6.45) is 5.90. The van der Waals surface area contributed by atoms with Gasteiger partial charge in [-0.15, -0.1) is 0 Å². The Hall–Kier alpha value is -1.66. The van der Waals surface area contributed by atoms with Crippen LogP contribution in [0.15, 0.2) is 12.1 Å². The Labute approximate surface area is 139 Å². The van der Waals surface area contributed by atoms with Crippen LogP contribution in [0.2, 0.25) is 0 Å². The molecule has 6 heteroatoms. The van der Waals surface area contributed by atoms with Crippen LogP contribution in [0.3, 0.4) is 0 Å². The molecule has 1 aromatic carbocycles. The lowest BCUT2D eigenvalue weighted by molar-refractivity contribution is 0.112. The van der Waals surface area contributed by atoms with E-state index in [2.05, 4.69) is 21.3 Å². The summed E-state index contributed by atoms with van der Waals surface area (Å²) in [6.45, 7) is 2.08. The minimum Gasteiger partial charge on any atom is -0.473 e. The van der Waals surface area contributed by atoms with E-state index in [1.54, 1.807) is 7.11 Å². The van der Waals surface area contributed by atoms with E-state index in [-0.39, 0.29) is 0 Å². The summed E-state index contributed by atoms with van der Waals surface area (Å²) in [4.78, 5) is 18.1. The van der Waals surface area contributed by atoms with Crippen LogP contribution in [0.25, 0.3) is 10.2 Å². The highest BCUT2D eigenvalue weighted by Gasteiger charge is 2.28. The van der Waals surface area contributed by atoms with Gasteiger partial charge in [0.1, 0.15) is 0 Å². The maximum Gasteiger partial charge on any atom is 0.274 e. The van der Waals surface area contributed by atoms with E-state index in [4.69, 9.17) is 4.74 Å². The molecule has 1 aliphatic heterocycles. The van der Waals surface area contributed by atoms with Gasteiger partial charge in [0.15, 0.2) is 6.29 Å². The molecule has 1 aliphatic carbocycles. The van der Waals surface area contributed by atoms with Crippen LogP contribution < -0.4 is 15.0 Å². The van der Waals surface area contributed by atoms with Gasteiger partial charge in [0, 0.05) is 30.7 Å². The number of ether oxygens (including phenoxy) is 1. The summed E-state index contributed by atoms with van der Waals surface area (Å²) < 4.78 is 6.33. The van der Waals surface area contributed by atoms with E-state index in [0.717, 1.165) is 35.6 Å². The summed E-state index contributed by atoms with van der Waals surface area (Å²) in [6, 6.07) is 5.35. The molecule has 2 heterocycles. The number of nitrogens with zero attached hydrogens (tertiary/aromatic N) is 2. The van der Waals surface area contributed by atoms with E-state index in [9.17, 15) is 4.79 Å². The van der Waals surface area contributed by atoms with Crippen LogP contribution in [0.5, 0.6) is 5.19 Å². The molecule has 0 atom stereocenters. The van der Waals surface area contributed by atoms with Crippen molar-refractivity contribution in [2.24, 2.45) is 0 Å². The molecule has 122 valence electrons. The van der Waals surface area contributed by atoms with Gasteiger partial charge in [0.25, 0.3) is 5.19 Å². The summed E-state index contributed by atoms with van der Waals surface area (Å²) in [5, 5.41) is 4.34. The minimum absolute atomic E-state index is 0.612. The quantitative estimate of drug-likeness (QED) is 0.854. The number of rotatable bonds is 5. The maximum absolute atomic E-state index is 11.3. The van der Waals surface area contributed by atoms with Gasteiger partial charge in [0.05, 0.1) is 23.0 Å². The predicted octanol–water partition coefficient (Wildman–Crippen LogP) is 2.84. The molecule has 1 N–H and O–H groups in total. The van der Waals surface area contributed by atoms with Crippen molar-refractivity contribution in [2.75, 3.05) is 25.1 Å². The second kappa shape index (κ2) is 6.09. The number of carbonyl (C=O) groups excluding carboxylic acids is 1. The number of thiazole rings is 1. The number of anilines is 1. The average molecular weight is 331 g/mol. The average Bonchev–Trinajstić information content (AvgIpc) is 3.29. The molecule has 0 spiro atoms. The van der Waals surface area contributed by atoms with Gasteiger partial charge in [-0.3, -0.25) is 4.79 Å². The predicted molar refractivity (Wildman–Crippen MR) is 93.0 cm³/mol. The normalized spacial score (nSPS) is 19.3. The van der Waals surface area contributed by atoms with Crippen molar-refractivity contribution in [3.63, 3.8) is 0 Å². The molecule has 0 bridgehead atoms. The highest BCUT2D eigenvalue weighted by molar-refractivity contribution is 7.20. The molecule has 0 unspecified atom stereocenters. The Balaban J connectivity index is 1.58. The number of benzene rings is 1. The van der Waals surface area contributed by atoms with Gasteiger partial charge in [-0.25, -0.2) is 4.98 Å². The Morgan fingerprint density at radius 3 is 2.65 bits per heavy atom. The molecule has 2 aliphatic rings. The van der Waals surface area contributed by atoms with Crippen molar-refractivity contribution in [3.05, 3.63) is 17.7 Å². The highest BCUT2D eigenvalue weighted by atomic mass is 32.1. The smallest absolute Gasteiger partial charge is 0.274 e. The fourth-order valence-electron chi connectivity index (χ4n) is 3.29. The van der Waals surface area contributed by atoms with Crippen molar-refractivity contribution >= 4 is 33.5 Å². The van der Waals surface area contributed by atoms with Gasteiger partial charge >= 0.3 is 0 Å². The molecule has 4 rings (SSSR count). The topological polar surface area (TPSA) is 54.5 Å². The molecule has 0 amide bonds. The molecule has 2 fully saturated rings. The maximum atomic E-state index is 11.3. The second-order valence-corrected chi connectivity index (χ2v) is 7.32. The van der Waals surface area contributed by atoms with E-state index in [1.165, 1.54) is 42.7 Å². The summed E-state index contributed by atoms with van der Waals surface area (Å²) in [7, 11) is 1.62. The van der Waals surface area contributed by atoms with Gasteiger partial charge in [-0.05, 0) is 37.8 Å². The molecular weight excluding hydrogens is 310 g/mol. The first kappa shape index (κ1) is 14.9. The van der Waals surface area contributed by atoms with Crippen LogP contribution >= 0.6 is 11.3 Å². The van der Waals surface area contributed by atoms with E-state index >= 15 is 0 Å². The first-order valence-corrected chi connectivity index (χ1v) is 9.04. The number of piperidine rings is 1. The van der Waals surface area contributed by atoms with Crippen LogP contribution in [-0.4, -0.2) is 43.6 Å². The van der Waals surface area contributed by atoms with E-state index in [1.807, 2.05) is 6.07 Å². The number of aldehydes is 1. The lowest BCUT2D eigenvalue weighted by Gasteiger charge is -2.34. The minimum atomic E-state index is 0.612. The first-order chi connectivity index (χ1) is 11.3. The zero-order valence-corrected chi connectivity index (χ0v) is 14.1. The zero-order chi connectivity index (χ0) is 15.8. The number of fused-ring (bicyclic) bond motifs is 1. The Bertz CT molecular complexity index is 718. The molecule has 23 heavy (non-hydrogen) atoms. The van der Waals surface area contributed by atoms with E-state index < -0.39 is 0 Å². The van der Waals surface area contributed by atoms with Crippen molar-refractivity contribution in [1.82, 2.24) is 10.3 Å². The second-order valence-electron chi connectivity index (χ2n) is 6.36. The highest BCUT2D eigenvalue weighted by Crippen LogP contribution is 2.38. The van der Waals surface area contributed by atoms with Crippen molar-refractivity contribution in [3.8, 4) is 5.19 Å². The summed E-state index contributed by atoms with van der Waals surface area (Å²) in [5.74, 6) is 0. The molecule has 5 nitrogen and oxygen atoms in total. The van der Waals surface area contributed by atoms with Crippen LogP contribution in [0, 0.1) is 0 Å². The molecule has 2 aromatic rings. The van der Waals surface area contributed by atoms with Crippen LogP contribution in [-0.2, 0) is 0 Å². The fraction of sp³-hybridized carbons (Fsp3) is 0.529.